The second-order valence-electron chi connectivity index (χ2n) is 4.49. The molecule has 0 aliphatic rings. The molecule has 0 saturated heterocycles. The predicted molar refractivity (Wildman–Crippen MR) is 78.1 cm³/mol. The number of aromatic amines is 1. The first-order valence-corrected chi connectivity index (χ1v) is 6.51. The Morgan fingerprint density at radius 3 is 2.95 bits per heavy atom. The van der Waals surface area contributed by atoms with E-state index in [1.807, 2.05) is 12.3 Å². The van der Waals surface area contributed by atoms with Gasteiger partial charge in [0.1, 0.15) is 0 Å². The first-order chi connectivity index (χ1) is 9.36. The van der Waals surface area contributed by atoms with Crippen LogP contribution in [0, 0.1) is 0 Å². The summed E-state index contributed by atoms with van der Waals surface area (Å²) in [6.45, 7) is 3.06. The van der Waals surface area contributed by atoms with Crippen molar-refractivity contribution in [3.8, 4) is 11.1 Å². The summed E-state index contributed by atoms with van der Waals surface area (Å²) >= 11 is 0. The van der Waals surface area contributed by atoms with Crippen molar-refractivity contribution >= 4 is 17.0 Å². The molecule has 4 nitrogen and oxygen atoms in total. The molecule has 4 heteroatoms. The van der Waals surface area contributed by atoms with Gasteiger partial charge in [0.2, 0.25) is 5.95 Å². The first kappa shape index (κ1) is 11.7. The van der Waals surface area contributed by atoms with Gasteiger partial charge in [-0.2, -0.15) is 0 Å². The molecule has 2 aromatic heterocycles. The van der Waals surface area contributed by atoms with Crippen molar-refractivity contribution in [1.82, 2.24) is 15.0 Å². The minimum atomic E-state index is 0.834. The summed E-state index contributed by atoms with van der Waals surface area (Å²) < 4.78 is 0. The molecule has 0 aliphatic heterocycles. The lowest BCUT2D eigenvalue weighted by Gasteiger charge is -1.99. The molecule has 0 amide bonds. The Labute approximate surface area is 111 Å². The number of nitrogens with zero attached hydrogens (tertiary/aromatic N) is 2. The molecule has 96 valence electrons. The number of hydrogen-bond acceptors (Lipinski definition) is 3. The highest BCUT2D eigenvalue weighted by Gasteiger charge is 2.04. The lowest BCUT2D eigenvalue weighted by atomic mass is 10.1. The molecule has 0 atom stereocenters. The number of nitrogens with one attached hydrogen (secondary N) is 2. The number of imidazole rings is 1. The van der Waals surface area contributed by atoms with Gasteiger partial charge < -0.3 is 10.3 Å². The second kappa shape index (κ2) is 5.10. The molecular weight excluding hydrogens is 236 g/mol. The SMILES string of the molecule is CCCNc1nc2cc(-c3cccnc3)ccc2[nH]1. The third kappa shape index (κ3) is 2.42. The summed E-state index contributed by atoms with van der Waals surface area (Å²) in [7, 11) is 0. The minimum Gasteiger partial charge on any atom is -0.356 e. The zero-order valence-electron chi connectivity index (χ0n) is 10.9. The van der Waals surface area contributed by atoms with E-state index in [-0.39, 0.29) is 0 Å². The predicted octanol–water partition coefficient (Wildman–Crippen LogP) is 3.45. The highest BCUT2D eigenvalue weighted by molar-refractivity contribution is 5.83. The van der Waals surface area contributed by atoms with Crippen LogP contribution in [0.3, 0.4) is 0 Å². The van der Waals surface area contributed by atoms with E-state index in [0.717, 1.165) is 41.1 Å². The van der Waals surface area contributed by atoms with Gasteiger partial charge in [-0.05, 0) is 30.2 Å². The third-order valence-electron chi connectivity index (χ3n) is 3.02. The summed E-state index contributed by atoms with van der Waals surface area (Å²) in [5.41, 5.74) is 4.26. The van der Waals surface area contributed by atoms with E-state index in [9.17, 15) is 0 Å². The highest BCUT2D eigenvalue weighted by Crippen LogP contribution is 2.23. The van der Waals surface area contributed by atoms with Crippen molar-refractivity contribution < 1.29 is 0 Å². The van der Waals surface area contributed by atoms with E-state index < -0.39 is 0 Å². The van der Waals surface area contributed by atoms with Crippen molar-refractivity contribution in [2.24, 2.45) is 0 Å². The Morgan fingerprint density at radius 2 is 2.16 bits per heavy atom. The summed E-state index contributed by atoms with van der Waals surface area (Å²) in [5.74, 6) is 0.834. The number of H-pyrrole nitrogens is 1. The van der Waals surface area contributed by atoms with Gasteiger partial charge in [0.05, 0.1) is 11.0 Å². The minimum absolute atomic E-state index is 0.834. The van der Waals surface area contributed by atoms with E-state index in [1.54, 1.807) is 6.20 Å². The zero-order valence-corrected chi connectivity index (χ0v) is 10.9. The number of aromatic nitrogens is 3. The molecule has 0 bridgehead atoms. The molecule has 2 heterocycles. The van der Waals surface area contributed by atoms with Gasteiger partial charge in [0.25, 0.3) is 0 Å². The number of fused-ring (bicyclic) bond motifs is 1. The van der Waals surface area contributed by atoms with Crippen LogP contribution in [0.1, 0.15) is 13.3 Å². The average molecular weight is 252 g/mol. The van der Waals surface area contributed by atoms with Gasteiger partial charge in [-0.15, -0.1) is 0 Å². The number of benzene rings is 1. The lowest BCUT2D eigenvalue weighted by molar-refractivity contribution is 0.964. The molecule has 3 aromatic rings. The van der Waals surface area contributed by atoms with Crippen LogP contribution in [0.2, 0.25) is 0 Å². The maximum atomic E-state index is 4.55. The largest absolute Gasteiger partial charge is 0.356 e. The molecular formula is C15H16N4. The summed E-state index contributed by atoms with van der Waals surface area (Å²) in [6, 6.07) is 10.2. The zero-order chi connectivity index (χ0) is 13.1. The molecule has 19 heavy (non-hydrogen) atoms. The molecule has 3 rings (SSSR count). The number of rotatable bonds is 4. The van der Waals surface area contributed by atoms with Gasteiger partial charge in [-0.1, -0.05) is 19.1 Å². The third-order valence-corrected chi connectivity index (χ3v) is 3.02. The van der Waals surface area contributed by atoms with E-state index in [2.05, 4.69) is 51.5 Å². The smallest absolute Gasteiger partial charge is 0.201 e. The fraction of sp³-hybridized carbons (Fsp3) is 0.200. The maximum absolute atomic E-state index is 4.55. The number of anilines is 1. The Bertz CT molecular complexity index is 673. The fourth-order valence-electron chi connectivity index (χ4n) is 2.05. The lowest BCUT2D eigenvalue weighted by Crippen LogP contribution is -2.00. The van der Waals surface area contributed by atoms with Gasteiger partial charge >= 0.3 is 0 Å². The van der Waals surface area contributed by atoms with Crippen LogP contribution in [0.15, 0.2) is 42.7 Å². The summed E-state index contributed by atoms with van der Waals surface area (Å²) in [5, 5.41) is 3.26. The van der Waals surface area contributed by atoms with Gasteiger partial charge in [-0.25, -0.2) is 4.98 Å². The van der Waals surface area contributed by atoms with Gasteiger partial charge in [0, 0.05) is 24.5 Å². The van der Waals surface area contributed by atoms with Crippen molar-refractivity contribution in [3.63, 3.8) is 0 Å². The van der Waals surface area contributed by atoms with Crippen LogP contribution in [-0.4, -0.2) is 21.5 Å². The maximum Gasteiger partial charge on any atom is 0.201 e. The monoisotopic (exact) mass is 252 g/mol. The molecule has 0 spiro atoms. The first-order valence-electron chi connectivity index (χ1n) is 6.51. The Kier molecular flexibility index (Phi) is 3.14. The molecule has 1 aromatic carbocycles. The van der Waals surface area contributed by atoms with Crippen molar-refractivity contribution in [2.75, 3.05) is 11.9 Å². The van der Waals surface area contributed by atoms with Crippen LogP contribution in [0.25, 0.3) is 22.2 Å². The molecule has 0 aliphatic carbocycles. The second-order valence-corrected chi connectivity index (χ2v) is 4.49. The standard InChI is InChI=1S/C15H16N4/c1-2-7-17-15-18-13-6-5-11(9-14(13)19-15)12-4-3-8-16-10-12/h3-6,8-10H,2,7H2,1H3,(H2,17,18,19). The topological polar surface area (TPSA) is 53.6 Å². The number of hydrogen-bond donors (Lipinski definition) is 2. The van der Waals surface area contributed by atoms with Crippen LogP contribution in [-0.2, 0) is 0 Å². The van der Waals surface area contributed by atoms with Crippen LogP contribution >= 0.6 is 0 Å². The Balaban J connectivity index is 1.97. The molecule has 0 unspecified atom stereocenters. The average Bonchev–Trinajstić information content (AvgIpc) is 2.87. The van der Waals surface area contributed by atoms with E-state index in [0.29, 0.717) is 0 Å². The van der Waals surface area contributed by atoms with Gasteiger partial charge in [0.15, 0.2) is 0 Å². The summed E-state index contributed by atoms with van der Waals surface area (Å²) in [4.78, 5) is 12.0. The molecule has 2 N–H and O–H groups in total. The number of pyridine rings is 1. The molecule has 0 radical (unpaired) electrons. The van der Waals surface area contributed by atoms with E-state index in [1.165, 1.54) is 0 Å². The quantitative estimate of drug-likeness (QED) is 0.747. The van der Waals surface area contributed by atoms with Gasteiger partial charge in [-0.3, -0.25) is 4.98 Å². The van der Waals surface area contributed by atoms with Crippen LogP contribution in [0.5, 0.6) is 0 Å². The van der Waals surface area contributed by atoms with Crippen molar-refractivity contribution in [2.45, 2.75) is 13.3 Å². The Hall–Kier alpha value is -2.36. The normalized spacial score (nSPS) is 10.8. The Morgan fingerprint density at radius 1 is 1.21 bits per heavy atom. The van der Waals surface area contributed by atoms with Crippen molar-refractivity contribution in [3.05, 3.63) is 42.7 Å². The van der Waals surface area contributed by atoms with Crippen LogP contribution in [0.4, 0.5) is 5.95 Å². The van der Waals surface area contributed by atoms with Crippen LogP contribution < -0.4 is 5.32 Å². The molecule has 0 saturated carbocycles. The molecule has 0 fully saturated rings. The fourth-order valence-corrected chi connectivity index (χ4v) is 2.05. The van der Waals surface area contributed by atoms with E-state index in [4.69, 9.17) is 0 Å². The van der Waals surface area contributed by atoms with E-state index >= 15 is 0 Å². The summed E-state index contributed by atoms with van der Waals surface area (Å²) in [6.07, 6.45) is 4.73. The van der Waals surface area contributed by atoms with Crippen molar-refractivity contribution in [1.29, 1.82) is 0 Å². The highest BCUT2D eigenvalue weighted by atomic mass is 15.1.